The molecular formula is C22H28N4O2. The fourth-order valence-electron chi connectivity index (χ4n) is 3.45. The van der Waals surface area contributed by atoms with Crippen molar-refractivity contribution in [1.82, 2.24) is 10.6 Å². The van der Waals surface area contributed by atoms with E-state index in [1.165, 1.54) is 0 Å². The van der Waals surface area contributed by atoms with Crippen molar-refractivity contribution in [3.05, 3.63) is 59.2 Å². The highest BCUT2D eigenvalue weighted by atomic mass is 16.5. The van der Waals surface area contributed by atoms with Gasteiger partial charge in [-0.3, -0.25) is 4.79 Å². The van der Waals surface area contributed by atoms with E-state index in [2.05, 4.69) is 28.1 Å². The number of amides is 1. The van der Waals surface area contributed by atoms with Crippen LogP contribution in [0.5, 0.6) is 5.75 Å². The number of anilines is 1. The van der Waals surface area contributed by atoms with Crippen LogP contribution in [0.15, 0.2) is 47.5 Å². The van der Waals surface area contributed by atoms with Crippen LogP contribution in [0.2, 0.25) is 0 Å². The third-order valence-electron chi connectivity index (χ3n) is 4.73. The average molecular weight is 380 g/mol. The molecule has 2 aromatic rings. The van der Waals surface area contributed by atoms with E-state index < -0.39 is 0 Å². The zero-order chi connectivity index (χ0) is 19.9. The number of nitrogens with zero attached hydrogens (tertiary/aromatic N) is 1. The number of para-hydroxylation sites is 1. The Morgan fingerprint density at radius 1 is 1.25 bits per heavy atom. The number of hydrogen-bond acceptors (Lipinski definition) is 3. The molecule has 0 saturated carbocycles. The first-order valence-electron chi connectivity index (χ1n) is 9.64. The summed E-state index contributed by atoms with van der Waals surface area (Å²) in [5.74, 6) is 1.76. The molecule has 1 atom stereocenters. The Labute approximate surface area is 166 Å². The monoisotopic (exact) mass is 380 g/mol. The first kappa shape index (κ1) is 19.7. The smallest absolute Gasteiger partial charge is 0.225 e. The fourth-order valence-corrected chi connectivity index (χ4v) is 3.45. The van der Waals surface area contributed by atoms with Crippen molar-refractivity contribution in [1.29, 1.82) is 0 Å². The number of guanidine groups is 1. The number of fused-ring (bicyclic) bond motifs is 1. The maximum Gasteiger partial charge on any atom is 0.225 e. The number of carbonyl (C=O) groups excluding carboxylic acids is 1. The Morgan fingerprint density at radius 2 is 2.07 bits per heavy atom. The summed E-state index contributed by atoms with van der Waals surface area (Å²) in [6.07, 6.45) is 0.471. The number of methoxy groups -OCH3 is 1. The van der Waals surface area contributed by atoms with E-state index in [0.29, 0.717) is 19.5 Å². The van der Waals surface area contributed by atoms with Crippen LogP contribution in [0.1, 0.15) is 36.0 Å². The van der Waals surface area contributed by atoms with E-state index in [0.717, 1.165) is 40.6 Å². The van der Waals surface area contributed by atoms with Crippen LogP contribution in [-0.2, 0) is 11.3 Å². The minimum atomic E-state index is 0.0549. The van der Waals surface area contributed by atoms with E-state index in [9.17, 15) is 4.79 Å². The molecule has 1 heterocycles. The van der Waals surface area contributed by atoms with Crippen molar-refractivity contribution in [3.63, 3.8) is 0 Å². The first-order chi connectivity index (χ1) is 13.6. The largest absolute Gasteiger partial charge is 0.497 e. The van der Waals surface area contributed by atoms with Crippen LogP contribution in [0.3, 0.4) is 0 Å². The SMILES string of the molecule is CCNC(=NCc1cc(C)cc(OC)c1)NCC1CC(=O)Nc2ccccc21. The van der Waals surface area contributed by atoms with Crippen molar-refractivity contribution in [2.24, 2.45) is 4.99 Å². The molecule has 3 rings (SSSR count). The van der Waals surface area contributed by atoms with Crippen LogP contribution in [0, 0.1) is 6.92 Å². The summed E-state index contributed by atoms with van der Waals surface area (Å²) in [6.45, 7) is 6.05. The van der Waals surface area contributed by atoms with Crippen LogP contribution in [0.25, 0.3) is 0 Å². The normalized spacial score (nSPS) is 16.2. The maximum atomic E-state index is 12.0. The molecule has 6 nitrogen and oxygen atoms in total. The Balaban J connectivity index is 1.69. The second kappa shape index (κ2) is 9.26. The zero-order valence-electron chi connectivity index (χ0n) is 16.7. The standard InChI is InChI=1S/C22H28N4O2/c1-4-23-22(24-13-16-9-15(2)10-18(11-16)28-3)25-14-17-12-21(27)26-20-8-6-5-7-19(17)20/h5-11,17H,4,12-14H2,1-3H3,(H,26,27)(H2,23,24,25). The molecule has 0 radical (unpaired) electrons. The van der Waals surface area contributed by atoms with Crippen molar-refractivity contribution < 1.29 is 9.53 Å². The van der Waals surface area contributed by atoms with Crippen LogP contribution < -0.4 is 20.7 Å². The highest BCUT2D eigenvalue weighted by Gasteiger charge is 2.24. The summed E-state index contributed by atoms with van der Waals surface area (Å²) in [7, 11) is 1.67. The number of aryl methyl sites for hydroxylation is 1. The number of ether oxygens (including phenoxy) is 1. The van der Waals surface area contributed by atoms with Gasteiger partial charge >= 0.3 is 0 Å². The summed E-state index contributed by atoms with van der Waals surface area (Å²) < 4.78 is 5.34. The van der Waals surface area contributed by atoms with Gasteiger partial charge < -0.3 is 20.7 Å². The molecule has 0 aliphatic carbocycles. The molecule has 148 valence electrons. The highest BCUT2D eigenvalue weighted by molar-refractivity contribution is 5.94. The first-order valence-corrected chi connectivity index (χ1v) is 9.64. The molecular weight excluding hydrogens is 352 g/mol. The molecule has 1 amide bonds. The van der Waals surface area contributed by atoms with Gasteiger partial charge in [-0.2, -0.15) is 0 Å². The van der Waals surface area contributed by atoms with Crippen molar-refractivity contribution in [2.45, 2.75) is 32.7 Å². The Morgan fingerprint density at radius 3 is 2.86 bits per heavy atom. The van der Waals surface area contributed by atoms with Crippen molar-refractivity contribution in [3.8, 4) is 5.75 Å². The lowest BCUT2D eigenvalue weighted by molar-refractivity contribution is -0.116. The third kappa shape index (κ3) is 5.03. The predicted molar refractivity (Wildman–Crippen MR) is 113 cm³/mol. The second-order valence-electron chi connectivity index (χ2n) is 6.97. The van der Waals surface area contributed by atoms with Gasteiger partial charge in [0.25, 0.3) is 0 Å². The van der Waals surface area contributed by atoms with E-state index in [4.69, 9.17) is 9.73 Å². The molecule has 3 N–H and O–H groups in total. The summed E-state index contributed by atoms with van der Waals surface area (Å²) in [5.41, 5.74) is 4.30. The lowest BCUT2D eigenvalue weighted by Gasteiger charge is -2.26. The quantitative estimate of drug-likeness (QED) is 0.531. The summed E-state index contributed by atoms with van der Waals surface area (Å²) >= 11 is 0. The second-order valence-corrected chi connectivity index (χ2v) is 6.97. The highest BCUT2D eigenvalue weighted by Crippen LogP contribution is 2.31. The van der Waals surface area contributed by atoms with E-state index >= 15 is 0 Å². The number of carbonyl (C=O) groups is 1. The number of benzene rings is 2. The Kier molecular flexibility index (Phi) is 6.53. The summed E-state index contributed by atoms with van der Waals surface area (Å²) in [6, 6.07) is 14.1. The number of nitrogens with one attached hydrogen (secondary N) is 3. The lowest BCUT2D eigenvalue weighted by Crippen LogP contribution is -2.40. The van der Waals surface area contributed by atoms with Gasteiger partial charge in [0.15, 0.2) is 5.96 Å². The average Bonchev–Trinajstić information content (AvgIpc) is 2.69. The molecule has 1 unspecified atom stereocenters. The number of aliphatic imine (C=N–C) groups is 1. The van der Waals surface area contributed by atoms with Crippen LogP contribution >= 0.6 is 0 Å². The summed E-state index contributed by atoms with van der Waals surface area (Å²) in [5, 5.41) is 9.61. The molecule has 0 fully saturated rings. The minimum absolute atomic E-state index is 0.0549. The van der Waals surface area contributed by atoms with Gasteiger partial charge in [-0.1, -0.05) is 24.3 Å². The zero-order valence-corrected chi connectivity index (χ0v) is 16.7. The van der Waals surface area contributed by atoms with Crippen molar-refractivity contribution in [2.75, 3.05) is 25.5 Å². The lowest BCUT2D eigenvalue weighted by atomic mass is 9.90. The molecule has 0 spiro atoms. The van der Waals surface area contributed by atoms with Crippen LogP contribution in [0.4, 0.5) is 5.69 Å². The Bertz CT molecular complexity index is 863. The van der Waals surface area contributed by atoms with E-state index in [1.54, 1.807) is 7.11 Å². The topological polar surface area (TPSA) is 74.8 Å². The van der Waals surface area contributed by atoms with Gasteiger partial charge in [-0.25, -0.2) is 4.99 Å². The summed E-state index contributed by atoms with van der Waals surface area (Å²) in [4.78, 5) is 16.7. The van der Waals surface area contributed by atoms with Crippen molar-refractivity contribution >= 4 is 17.6 Å². The third-order valence-corrected chi connectivity index (χ3v) is 4.73. The fraction of sp³-hybridized carbons (Fsp3) is 0.364. The van der Waals surface area contributed by atoms with E-state index in [-0.39, 0.29) is 11.8 Å². The van der Waals surface area contributed by atoms with Gasteiger partial charge in [0, 0.05) is 31.1 Å². The maximum absolute atomic E-state index is 12.0. The molecule has 6 heteroatoms. The molecule has 0 bridgehead atoms. The predicted octanol–water partition coefficient (Wildman–Crippen LogP) is 3.18. The minimum Gasteiger partial charge on any atom is -0.497 e. The van der Waals surface area contributed by atoms with Crippen LogP contribution in [-0.4, -0.2) is 32.1 Å². The number of rotatable bonds is 6. The van der Waals surface area contributed by atoms with Gasteiger partial charge in [0.05, 0.1) is 13.7 Å². The van der Waals surface area contributed by atoms with Gasteiger partial charge in [-0.15, -0.1) is 0 Å². The molecule has 2 aromatic carbocycles. The Hall–Kier alpha value is -3.02. The van der Waals surface area contributed by atoms with Gasteiger partial charge in [0.1, 0.15) is 5.75 Å². The number of hydrogen-bond donors (Lipinski definition) is 3. The molecule has 0 saturated heterocycles. The van der Waals surface area contributed by atoms with Gasteiger partial charge in [0.2, 0.25) is 5.91 Å². The van der Waals surface area contributed by atoms with E-state index in [1.807, 2.05) is 44.2 Å². The molecule has 28 heavy (non-hydrogen) atoms. The molecule has 0 aromatic heterocycles. The molecule has 1 aliphatic heterocycles. The molecule has 1 aliphatic rings. The van der Waals surface area contributed by atoms with Gasteiger partial charge in [-0.05, 0) is 48.7 Å².